The van der Waals surface area contributed by atoms with Gasteiger partial charge in [0.1, 0.15) is 5.76 Å². The largest absolute Gasteiger partial charge is 0.495 e. The van der Waals surface area contributed by atoms with Crippen LogP contribution < -0.4 is 5.73 Å². The maximum atomic E-state index is 11.8. The summed E-state index contributed by atoms with van der Waals surface area (Å²) in [6.45, 7) is 2.28. The predicted octanol–water partition coefficient (Wildman–Crippen LogP) is 2.99. The van der Waals surface area contributed by atoms with Gasteiger partial charge >= 0.3 is 5.97 Å². The number of nitrogens with two attached hydrogens (primary N) is 1. The molecule has 1 aliphatic heterocycles. The van der Waals surface area contributed by atoms with Crippen LogP contribution in [0.5, 0.6) is 0 Å². The van der Waals surface area contributed by atoms with Crippen molar-refractivity contribution in [3.8, 4) is 0 Å². The van der Waals surface area contributed by atoms with Crippen molar-refractivity contribution in [3.63, 3.8) is 0 Å². The lowest BCUT2D eigenvalue weighted by molar-refractivity contribution is -0.161. The first kappa shape index (κ1) is 21.7. The summed E-state index contributed by atoms with van der Waals surface area (Å²) in [5.41, 5.74) is 4.15. The molecule has 2 aliphatic carbocycles. The van der Waals surface area contributed by atoms with Gasteiger partial charge in [-0.3, -0.25) is 4.99 Å². The number of hydrogen-bond donors (Lipinski definition) is 3. The second kappa shape index (κ2) is 9.63. The maximum absolute atomic E-state index is 11.8. The fourth-order valence-electron chi connectivity index (χ4n) is 3.92. The van der Waals surface area contributed by atoms with E-state index in [2.05, 4.69) is 11.9 Å². The van der Waals surface area contributed by atoms with E-state index in [0.29, 0.717) is 12.2 Å². The van der Waals surface area contributed by atoms with E-state index >= 15 is 0 Å². The van der Waals surface area contributed by atoms with Crippen LogP contribution in [-0.2, 0) is 9.53 Å². The highest BCUT2D eigenvalue weighted by atomic mass is 32.2. The Balaban J connectivity index is 1.51. The minimum atomic E-state index is -1.97. The van der Waals surface area contributed by atoms with Crippen LogP contribution in [0.25, 0.3) is 0 Å². The highest BCUT2D eigenvalue weighted by Crippen LogP contribution is 2.34. The van der Waals surface area contributed by atoms with E-state index in [1.807, 2.05) is 6.08 Å². The first-order chi connectivity index (χ1) is 13.4. The Morgan fingerprint density at radius 1 is 1.36 bits per heavy atom. The molecule has 0 radical (unpaired) electrons. The molecule has 3 rings (SSSR count). The van der Waals surface area contributed by atoms with Gasteiger partial charge in [-0.15, -0.1) is 0 Å². The van der Waals surface area contributed by atoms with Crippen molar-refractivity contribution in [1.82, 2.24) is 0 Å². The molecule has 28 heavy (non-hydrogen) atoms. The number of nitrogens with zero attached hydrogens (tertiary/aromatic N) is 1. The molecular formula is C21H34N2O4S. The fraction of sp³-hybridized carbons (Fsp3) is 0.810. The highest BCUT2D eigenvalue weighted by molar-refractivity contribution is 7.99. The third-order valence-corrected chi connectivity index (χ3v) is 7.46. The Labute approximate surface area is 172 Å². The summed E-state index contributed by atoms with van der Waals surface area (Å²) in [5.74, 6) is 2.51. The predicted molar refractivity (Wildman–Crippen MR) is 113 cm³/mol. The number of allylic oxidation sites excluding steroid dienone is 1. The monoisotopic (exact) mass is 410 g/mol. The fourth-order valence-corrected chi connectivity index (χ4v) is 5.25. The summed E-state index contributed by atoms with van der Waals surface area (Å²) >= 11 is 1.64. The van der Waals surface area contributed by atoms with E-state index in [1.54, 1.807) is 18.0 Å². The van der Waals surface area contributed by atoms with Crippen LogP contribution in [0.15, 0.2) is 16.8 Å². The molecule has 0 amide bonds. The van der Waals surface area contributed by atoms with Crippen LogP contribution in [0.4, 0.5) is 0 Å². The van der Waals surface area contributed by atoms with Crippen molar-refractivity contribution in [2.24, 2.45) is 22.6 Å². The molecule has 0 aromatic carbocycles. The number of carbonyl (C=O) groups is 1. The van der Waals surface area contributed by atoms with Crippen molar-refractivity contribution < 1.29 is 19.7 Å². The standard InChI is InChI=1S/C21H34N2O4S/c1-14-2-6-17(7-3-14)27-18-8-9-23-16(10-18)11-21(26,20(24)25)19(22)13-28-12-15-4-5-15/h8-9,14-17,19,26H,2-7,10-13,22H2,1H3,(H,24,25)/t14-,16?,17-,19-,21+/m0/s1. The van der Waals surface area contributed by atoms with E-state index in [-0.39, 0.29) is 18.6 Å². The highest BCUT2D eigenvalue weighted by Gasteiger charge is 2.44. The quantitative estimate of drug-likeness (QED) is 0.511. The van der Waals surface area contributed by atoms with Gasteiger partial charge in [0.05, 0.1) is 18.2 Å². The van der Waals surface area contributed by atoms with E-state index in [0.717, 1.165) is 36.2 Å². The molecule has 3 atom stereocenters. The molecule has 0 saturated heterocycles. The molecule has 0 spiro atoms. The van der Waals surface area contributed by atoms with Crippen molar-refractivity contribution in [3.05, 3.63) is 11.8 Å². The van der Waals surface area contributed by atoms with Crippen LogP contribution in [0.3, 0.4) is 0 Å². The number of thioether (sulfide) groups is 1. The Bertz CT molecular complexity index is 599. The molecule has 1 unspecified atom stereocenters. The molecule has 2 saturated carbocycles. The molecule has 0 aromatic rings. The van der Waals surface area contributed by atoms with Gasteiger partial charge < -0.3 is 20.7 Å². The first-order valence-electron chi connectivity index (χ1n) is 10.5. The Hall–Kier alpha value is -1.05. The number of hydrogen-bond acceptors (Lipinski definition) is 6. The van der Waals surface area contributed by atoms with Crippen molar-refractivity contribution >= 4 is 23.9 Å². The molecule has 7 heteroatoms. The van der Waals surface area contributed by atoms with Crippen LogP contribution in [0.1, 0.15) is 58.3 Å². The Kier molecular flexibility index (Phi) is 7.45. The molecule has 3 aliphatic rings. The molecular weight excluding hydrogens is 376 g/mol. The summed E-state index contributed by atoms with van der Waals surface area (Å²) in [7, 11) is 0. The van der Waals surface area contributed by atoms with Crippen molar-refractivity contribution in [2.45, 2.75) is 82.1 Å². The van der Waals surface area contributed by atoms with Crippen molar-refractivity contribution in [2.75, 3.05) is 11.5 Å². The van der Waals surface area contributed by atoms with E-state index < -0.39 is 17.6 Å². The number of aliphatic hydroxyl groups is 1. The van der Waals surface area contributed by atoms with E-state index in [4.69, 9.17) is 10.5 Å². The van der Waals surface area contributed by atoms with Gasteiger partial charge in [0.25, 0.3) is 0 Å². The van der Waals surface area contributed by atoms with Crippen molar-refractivity contribution in [1.29, 1.82) is 0 Å². The third-order valence-electron chi connectivity index (χ3n) is 6.15. The van der Waals surface area contributed by atoms with Crippen LogP contribution in [0, 0.1) is 11.8 Å². The smallest absolute Gasteiger partial charge is 0.337 e. The zero-order valence-electron chi connectivity index (χ0n) is 16.8. The SMILES string of the molecule is C[C@H]1CC[C@H](OC2=CC=NC(C[C@](O)(C(=O)O)[C@@H](N)CSCC3CC3)C2)CC1. The summed E-state index contributed by atoms with van der Waals surface area (Å²) in [4.78, 5) is 16.2. The van der Waals surface area contributed by atoms with Gasteiger partial charge in [0.15, 0.2) is 5.60 Å². The second-order valence-electron chi connectivity index (χ2n) is 8.81. The molecule has 158 valence electrons. The summed E-state index contributed by atoms with van der Waals surface area (Å²) in [6, 6.07) is -1.15. The lowest BCUT2D eigenvalue weighted by Crippen LogP contribution is -2.57. The maximum Gasteiger partial charge on any atom is 0.337 e. The van der Waals surface area contributed by atoms with Gasteiger partial charge in [-0.05, 0) is 62.2 Å². The summed E-state index contributed by atoms with van der Waals surface area (Å²) in [6.07, 6.45) is 11.3. The van der Waals surface area contributed by atoms with Crippen LogP contribution >= 0.6 is 11.8 Å². The Morgan fingerprint density at radius 3 is 2.71 bits per heavy atom. The molecule has 2 fully saturated rings. The third kappa shape index (κ3) is 5.97. The number of dihydropyridines is 1. The molecule has 1 heterocycles. The summed E-state index contributed by atoms with van der Waals surface area (Å²) < 4.78 is 6.15. The first-order valence-corrected chi connectivity index (χ1v) is 11.7. The topological polar surface area (TPSA) is 105 Å². The lowest BCUT2D eigenvalue weighted by Gasteiger charge is -2.33. The minimum absolute atomic E-state index is 0.00634. The minimum Gasteiger partial charge on any atom is -0.495 e. The molecule has 4 N–H and O–H groups in total. The second-order valence-corrected chi connectivity index (χ2v) is 9.88. The number of aliphatic imine (C=N–C) groups is 1. The van der Waals surface area contributed by atoms with E-state index in [9.17, 15) is 15.0 Å². The molecule has 6 nitrogen and oxygen atoms in total. The zero-order valence-corrected chi connectivity index (χ0v) is 17.6. The number of carboxylic acids is 1. The number of rotatable bonds is 10. The van der Waals surface area contributed by atoms with Gasteiger partial charge in [-0.1, -0.05) is 6.92 Å². The number of ether oxygens (including phenoxy) is 1. The van der Waals surface area contributed by atoms with E-state index in [1.165, 1.54) is 25.7 Å². The van der Waals surface area contributed by atoms with Crippen LogP contribution in [0.2, 0.25) is 0 Å². The molecule has 0 bridgehead atoms. The Morgan fingerprint density at radius 2 is 2.07 bits per heavy atom. The molecule has 0 aromatic heterocycles. The average molecular weight is 411 g/mol. The lowest BCUT2D eigenvalue weighted by atomic mass is 9.86. The zero-order chi connectivity index (χ0) is 20.1. The normalized spacial score (nSPS) is 31.0. The van der Waals surface area contributed by atoms with Gasteiger partial charge in [0.2, 0.25) is 0 Å². The number of aliphatic carboxylic acids is 1. The van der Waals surface area contributed by atoms with Gasteiger partial charge in [-0.25, -0.2) is 4.79 Å². The number of carboxylic acid groups (broad SMARTS) is 1. The van der Waals surface area contributed by atoms with Crippen LogP contribution in [-0.4, -0.2) is 57.7 Å². The average Bonchev–Trinajstić information content (AvgIpc) is 3.48. The summed E-state index contributed by atoms with van der Waals surface area (Å²) in [5, 5.41) is 20.5. The van der Waals surface area contributed by atoms with Gasteiger partial charge in [-0.2, -0.15) is 11.8 Å². The van der Waals surface area contributed by atoms with Gasteiger partial charge in [0, 0.05) is 24.8 Å².